The van der Waals surface area contributed by atoms with Gasteiger partial charge in [-0.1, -0.05) is 30.3 Å². The lowest BCUT2D eigenvalue weighted by Gasteiger charge is -2.31. The molecule has 0 aliphatic carbocycles. The van der Waals surface area contributed by atoms with Crippen LogP contribution in [0.1, 0.15) is 23.1 Å². The van der Waals surface area contributed by atoms with Gasteiger partial charge in [0.05, 0.1) is 37.7 Å². The monoisotopic (exact) mass is 356 g/mol. The number of aromatic nitrogens is 2. The van der Waals surface area contributed by atoms with Crippen molar-refractivity contribution >= 4 is 5.91 Å². The highest BCUT2D eigenvalue weighted by Gasteiger charge is 2.25. The minimum Gasteiger partial charge on any atom is -0.382 e. The van der Waals surface area contributed by atoms with Gasteiger partial charge in [0.15, 0.2) is 0 Å². The summed E-state index contributed by atoms with van der Waals surface area (Å²) in [6.07, 6.45) is -0.724. The number of amides is 1. The van der Waals surface area contributed by atoms with Crippen molar-refractivity contribution in [1.82, 2.24) is 19.6 Å². The number of benzene rings is 1. The number of nitrogens with zero attached hydrogens (tertiary/aromatic N) is 4. The lowest BCUT2D eigenvalue weighted by Crippen LogP contribution is -2.47. The largest absolute Gasteiger partial charge is 0.382 e. The molecule has 7 nitrogen and oxygen atoms in total. The molecule has 1 amide bonds. The minimum atomic E-state index is -0.724. The standard InChI is InChI=1S/C19H24N4O3/c24-18(22-8-10-26-11-9-22)14-21-6-7-23-16(13-21)12-17(20-23)19(25)15-4-2-1-3-5-15/h1-5,12,19,25H,6-11,13-14H2. The van der Waals surface area contributed by atoms with Crippen LogP contribution in [0.4, 0.5) is 0 Å². The van der Waals surface area contributed by atoms with Gasteiger partial charge < -0.3 is 14.7 Å². The van der Waals surface area contributed by atoms with Crippen LogP contribution in [0.25, 0.3) is 0 Å². The van der Waals surface area contributed by atoms with Gasteiger partial charge in [0, 0.05) is 26.2 Å². The van der Waals surface area contributed by atoms with E-state index in [1.54, 1.807) is 0 Å². The van der Waals surface area contributed by atoms with E-state index in [0.29, 0.717) is 45.1 Å². The Labute approximate surface area is 152 Å². The lowest BCUT2D eigenvalue weighted by atomic mass is 10.1. The quantitative estimate of drug-likeness (QED) is 0.871. The van der Waals surface area contributed by atoms with Crippen LogP contribution in [-0.2, 0) is 22.6 Å². The second-order valence-electron chi connectivity index (χ2n) is 6.80. The van der Waals surface area contributed by atoms with Gasteiger partial charge in [0.1, 0.15) is 6.10 Å². The average Bonchev–Trinajstić information content (AvgIpc) is 3.12. The van der Waals surface area contributed by atoms with Gasteiger partial charge >= 0.3 is 0 Å². The summed E-state index contributed by atoms with van der Waals surface area (Å²) in [6.45, 7) is 5.21. The zero-order valence-corrected chi connectivity index (χ0v) is 14.8. The highest BCUT2D eigenvalue weighted by atomic mass is 16.5. The summed E-state index contributed by atoms with van der Waals surface area (Å²) in [6, 6.07) is 11.5. The topological polar surface area (TPSA) is 70.8 Å². The number of hydrogen-bond donors (Lipinski definition) is 1. The molecule has 1 saturated heterocycles. The summed E-state index contributed by atoms with van der Waals surface area (Å²) in [5.41, 5.74) is 2.53. The fourth-order valence-electron chi connectivity index (χ4n) is 3.52. The molecule has 1 atom stereocenters. The van der Waals surface area contributed by atoms with Gasteiger partial charge in [-0.3, -0.25) is 14.4 Å². The Bertz CT molecular complexity index is 755. The Morgan fingerprint density at radius 3 is 2.69 bits per heavy atom. The van der Waals surface area contributed by atoms with Crippen molar-refractivity contribution in [2.45, 2.75) is 19.2 Å². The SMILES string of the molecule is O=C(CN1CCn2nc(C(O)c3ccccc3)cc2C1)N1CCOCC1. The normalized spacial score (nSPS) is 19.2. The second kappa shape index (κ2) is 7.57. The molecule has 1 fully saturated rings. The Kier molecular flexibility index (Phi) is 5.01. The average molecular weight is 356 g/mol. The highest BCUT2D eigenvalue weighted by molar-refractivity contribution is 5.78. The second-order valence-corrected chi connectivity index (χ2v) is 6.80. The Balaban J connectivity index is 1.41. The van der Waals surface area contributed by atoms with Crippen LogP contribution in [-0.4, -0.2) is 70.0 Å². The number of morpholine rings is 1. The van der Waals surface area contributed by atoms with Gasteiger partial charge in [-0.15, -0.1) is 0 Å². The fraction of sp³-hybridized carbons (Fsp3) is 0.474. The zero-order chi connectivity index (χ0) is 17.9. The summed E-state index contributed by atoms with van der Waals surface area (Å²) < 4.78 is 7.25. The Hall–Kier alpha value is -2.22. The number of aliphatic hydroxyl groups is 1. The van der Waals surface area contributed by atoms with Crippen molar-refractivity contribution in [3.05, 3.63) is 53.3 Å². The van der Waals surface area contributed by atoms with Gasteiger partial charge in [-0.2, -0.15) is 5.10 Å². The van der Waals surface area contributed by atoms with Crippen molar-refractivity contribution in [2.24, 2.45) is 0 Å². The minimum absolute atomic E-state index is 0.158. The molecular weight excluding hydrogens is 332 g/mol. The molecule has 4 rings (SSSR count). The molecule has 0 radical (unpaired) electrons. The summed E-state index contributed by atoms with van der Waals surface area (Å²) >= 11 is 0. The van der Waals surface area contributed by atoms with Gasteiger partial charge in [-0.25, -0.2) is 0 Å². The molecule has 2 aromatic rings. The maximum Gasteiger partial charge on any atom is 0.236 e. The molecule has 3 heterocycles. The molecule has 1 aromatic heterocycles. The van der Waals surface area contributed by atoms with Gasteiger partial charge in [0.25, 0.3) is 0 Å². The first-order valence-corrected chi connectivity index (χ1v) is 9.08. The molecule has 7 heteroatoms. The first-order chi connectivity index (χ1) is 12.7. The Morgan fingerprint density at radius 2 is 1.92 bits per heavy atom. The van der Waals surface area contributed by atoms with Crippen LogP contribution < -0.4 is 0 Å². The molecule has 0 bridgehead atoms. The van der Waals surface area contributed by atoms with E-state index in [1.165, 1.54) is 0 Å². The summed E-state index contributed by atoms with van der Waals surface area (Å²) in [5, 5.41) is 15.1. The van der Waals surface area contributed by atoms with Crippen LogP contribution in [0.2, 0.25) is 0 Å². The summed E-state index contributed by atoms with van der Waals surface area (Å²) in [4.78, 5) is 16.5. The molecule has 2 aliphatic rings. The maximum absolute atomic E-state index is 12.4. The Morgan fingerprint density at radius 1 is 1.15 bits per heavy atom. The van der Waals surface area contributed by atoms with Gasteiger partial charge in [-0.05, 0) is 11.6 Å². The molecule has 138 valence electrons. The lowest BCUT2D eigenvalue weighted by molar-refractivity contribution is -0.136. The molecule has 1 N–H and O–H groups in total. The summed E-state index contributed by atoms with van der Waals surface area (Å²) in [7, 11) is 0. The maximum atomic E-state index is 12.4. The third kappa shape index (κ3) is 3.65. The first-order valence-electron chi connectivity index (χ1n) is 9.08. The molecular formula is C19H24N4O3. The molecule has 26 heavy (non-hydrogen) atoms. The van der Waals surface area contributed by atoms with Crippen molar-refractivity contribution in [1.29, 1.82) is 0 Å². The van der Waals surface area contributed by atoms with Crippen molar-refractivity contribution in [2.75, 3.05) is 39.4 Å². The van der Waals surface area contributed by atoms with Crippen LogP contribution in [0.15, 0.2) is 36.4 Å². The summed E-state index contributed by atoms with van der Waals surface area (Å²) in [5.74, 6) is 0.158. The van der Waals surface area contributed by atoms with E-state index >= 15 is 0 Å². The number of aliphatic hydroxyl groups excluding tert-OH is 1. The van der Waals surface area contributed by atoms with E-state index in [-0.39, 0.29) is 5.91 Å². The van der Waals surface area contributed by atoms with E-state index in [0.717, 1.165) is 24.3 Å². The van der Waals surface area contributed by atoms with E-state index in [9.17, 15) is 9.90 Å². The van der Waals surface area contributed by atoms with Crippen LogP contribution in [0, 0.1) is 0 Å². The van der Waals surface area contributed by atoms with Gasteiger partial charge in [0.2, 0.25) is 5.91 Å². The molecule has 2 aliphatic heterocycles. The number of hydrogen-bond acceptors (Lipinski definition) is 5. The third-order valence-electron chi connectivity index (χ3n) is 5.01. The predicted octanol–water partition coefficient (Wildman–Crippen LogP) is 0.639. The van der Waals surface area contributed by atoms with Crippen molar-refractivity contribution < 1.29 is 14.6 Å². The number of carbonyl (C=O) groups excluding carboxylic acids is 1. The first kappa shape index (κ1) is 17.2. The van der Waals surface area contributed by atoms with Crippen LogP contribution in [0.5, 0.6) is 0 Å². The zero-order valence-electron chi connectivity index (χ0n) is 14.8. The fourth-order valence-corrected chi connectivity index (χ4v) is 3.52. The number of fused-ring (bicyclic) bond motifs is 1. The highest BCUT2D eigenvalue weighted by Crippen LogP contribution is 2.23. The predicted molar refractivity (Wildman–Crippen MR) is 95.4 cm³/mol. The van der Waals surface area contributed by atoms with Crippen molar-refractivity contribution in [3.63, 3.8) is 0 Å². The van der Waals surface area contributed by atoms with E-state index in [4.69, 9.17) is 4.74 Å². The third-order valence-corrected chi connectivity index (χ3v) is 5.01. The molecule has 0 spiro atoms. The number of ether oxygens (including phenoxy) is 1. The van der Waals surface area contributed by atoms with E-state index < -0.39 is 6.10 Å². The molecule has 1 unspecified atom stereocenters. The van der Waals surface area contributed by atoms with E-state index in [1.807, 2.05) is 46.0 Å². The van der Waals surface area contributed by atoms with Crippen molar-refractivity contribution in [3.8, 4) is 0 Å². The number of carbonyl (C=O) groups is 1. The smallest absolute Gasteiger partial charge is 0.236 e. The van der Waals surface area contributed by atoms with Crippen LogP contribution in [0.3, 0.4) is 0 Å². The van der Waals surface area contributed by atoms with Crippen LogP contribution >= 0.6 is 0 Å². The number of rotatable bonds is 4. The van der Waals surface area contributed by atoms with E-state index in [2.05, 4.69) is 10.00 Å². The molecule has 0 saturated carbocycles. The molecule has 1 aromatic carbocycles.